The van der Waals surface area contributed by atoms with Gasteiger partial charge in [0.05, 0.1) is 19.6 Å². The SMILES string of the molecule is CCOC(=O)CCC(=O)N1CCCCC1C(=O)OCC. The third kappa shape index (κ3) is 4.83. The van der Waals surface area contributed by atoms with Crippen LogP contribution < -0.4 is 0 Å². The summed E-state index contributed by atoms with van der Waals surface area (Å²) in [4.78, 5) is 36.8. The maximum atomic E-state index is 12.1. The maximum absolute atomic E-state index is 12.1. The van der Waals surface area contributed by atoms with Crippen LogP contribution in [0.25, 0.3) is 0 Å². The lowest BCUT2D eigenvalue weighted by Crippen LogP contribution is -2.48. The van der Waals surface area contributed by atoms with E-state index in [2.05, 4.69) is 0 Å². The third-order valence-electron chi connectivity index (χ3n) is 3.23. The number of rotatable bonds is 6. The van der Waals surface area contributed by atoms with Crippen LogP contribution in [0.3, 0.4) is 0 Å². The first-order valence-electron chi connectivity index (χ1n) is 7.21. The second kappa shape index (κ2) is 8.55. The first-order valence-corrected chi connectivity index (χ1v) is 7.21. The topological polar surface area (TPSA) is 72.9 Å². The molecule has 6 nitrogen and oxygen atoms in total. The molecular formula is C14H23NO5. The Morgan fingerprint density at radius 2 is 1.75 bits per heavy atom. The standard InChI is InChI=1S/C14H23NO5/c1-3-19-13(17)9-8-12(16)15-10-6-5-7-11(15)14(18)20-4-2/h11H,3-10H2,1-2H3. The minimum Gasteiger partial charge on any atom is -0.466 e. The Bertz CT molecular complexity index is 355. The summed E-state index contributed by atoms with van der Waals surface area (Å²) >= 11 is 0. The van der Waals surface area contributed by atoms with E-state index in [9.17, 15) is 14.4 Å². The molecule has 1 aliphatic rings. The highest BCUT2D eigenvalue weighted by Gasteiger charge is 2.32. The number of hydrogen-bond donors (Lipinski definition) is 0. The molecule has 1 unspecified atom stereocenters. The molecule has 0 N–H and O–H groups in total. The summed E-state index contributed by atoms with van der Waals surface area (Å²) in [6.45, 7) is 4.63. The van der Waals surface area contributed by atoms with E-state index in [0.29, 0.717) is 26.2 Å². The molecule has 0 saturated carbocycles. The second-order valence-corrected chi connectivity index (χ2v) is 4.66. The Morgan fingerprint density at radius 3 is 2.40 bits per heavy atom. The van der Waals surface area contributed by atoms with E-state index in [1.165, 1.54) is 0 Å². The van der Waals surface area contributed by atoms with Crippen LogP contribution in [-0.4, -0.2) is 48.5 Å². The molecule has 0 aliphatic carbocycles. The molecule has 1 amide bonds. The van der Waals surface area contributed by atoms with Gasteiger partial charge in [-0.3, -0.25) is 9.59 Å². The molecular weight excluding hydrogens is 262 g/mol. The summed E-state index contributed by atoms with van der Waals surface area (Å²) in [5, 5.41) is 0. The van der Waals surface area contributed by atoms with E-state index in [-0.39, 0.29) is 30.7 Å². The van der Waals surface area contributed by atoms with Crippen LogP contribution in [0.5, 0.6) is 0 Å². The van der Waals surface area contributed by atoms with Crippen molar-refractivity contribution in [1.82, 2.24) is 4.90 Å². The summed E-state index contributed by atoms with van der Waals surface area (Å²) in [5.41, 5.74) is 0. The number of carbonyl (C=O) groups excluding carboxylic acids is 3. The predicted octanol–water partition coefficient (Wildman–Crippen LogP) is 1.27. The van der Waals surface area contributed by atoms with Gasteiger partial charge in [-0.15, -0.1) is 0 Å². The summed E-state index contributed by atoms with van der Waals surface area (Å²) < 4.78 is 9.79. The van der Waals surface area contributed by atoms with Crippen LogP contribution in [0, 0.1) is 0 Å². The van der Waals surface area contributed by atoms with Gasteiger partial charge < -0.3 is 14.4 Å². The van der Waals surface area contributed by atoms with E-state index < -0.39 is 6.04 Å². The van der Waals surface area contributed by atoms with Gasteiger partial charge in [0, 0.05) is 13.0 Å². The number of nitrogens with zero attached hydrogens (tertiary/aromatic N) is 1. The molecule has 114 valence electrons. The monoisotopic (exact) mass is 285 g/mol. The molecule has 0 aromatic carbocycles. The van der Waals surface area contributed by atoms with E-state index in [1.807, 2.05) is 0 Å². The number of esters is 2. The van der Waals surface area contributed by atoms with E-state index in [1.54, 1.807) is 18.7 Å². The fourth-order valence-corrected chi connectivity index (χ4v) is 2.30. The molecule has 0 bridgehead atoms. The van der Waals surface area contributed by atoms with E-state index >= 15 is 0 Å². The Labute approximate surface area is 119 Å². The molecule has 1 rings (SSSR count). The van der Waals surface area contributed by atoms with Crippen LogP contribution in [-0.2, 0) is 23.9 Å². The molecule has 1 aliphatic heterocycles. The lowest BCUT2D eigenvalue weighted by molar-refractivity contribution is -0.157. The zero-order valence-corrected chi connectivity index (χ0v) is 12.2. The van der Waals surface area contributed by atoms with E-state index in [4.69, 9.17) is 9.47 Å². The average molecular weight is 285 g/mol. The molecule has 1 atom stereocenters. The molecule has 0 aromatic rings. The van der Waals surface area contributed by atoms with Crippen molar-refractivity contribution >= 4 is 17.8 Å². The number of hydrogen-bond acceptors (Lipinski definition) is 5. The lowest BCUT2D eigenvalue weighted by Gasteiger charge is -2.34. The number of piperidine rings is 1. The highest BCUT2D eigenvalue weighted by molar-refractivity contribution is 5.86. The largest absolute Gasteiger partial charge is 0.466 e. The number of likely N-dealkylation sites (tertiary alicyclic amines) is 1. The molecule has 1 heterocycles. The summed E-state index contributed by atoms with van der Waals surface area (Å²) in [5.74, 6) is -0.918. The van der Waals surface area contributed by atoms with Gasteiger partial charge in [0.1, 0.15) is 6.04 Å². The molecule has 20 heavy (non-hydrogen) atoms. The van der Waals surface area contributed by atoms with Crippen molar-refractivity contribution < 1.29 is 23.9 Å². The third-order valence-corrected chi connectivity index (χ3v) is 3.23. The number of amides is 1. The van der Waals surface area contributed by atoms with Gasteiger partial charge in [0.2, 0.25) is 5.91 Å². The Morgan fingerprint density at radius 1 is 1.05 bits per heavy atom. The molecule has 1 fully saturated rings. The number of carbonyl (C=O) groups is 3. The highest BCUT2D eigenvalue weighted by atomic mass is 16.5. The normalized spacial score (nSPS) is 18.5. The van der Waals surface area contributed by atoms with Crippen LogP contribution in [0.2, 0.25) is 0 Å². The Balaban J connectivity index is 2.54. The van der Waals surface area contributed by atoms with Gasteiger partial charge in [-0.05, 0) is 33.1 Å². The van der Waals surface area contributed by atoms with Crippen LogP contribution in [0.4, 0.5) is 0 Å². The second-order valence-electron chi connectivity index (χ2n) is 4.66. The smallest absolute Gasteiger partial charge is 0.328 e. The average Bonchev–Trinajstić information content (AvgIpc) is 2.45. The van der Waals surface area contributed by atoms with Gasteiger partial charge in [-0.25, -0.2) is 4.79 Å². The molecule has 0 aromatic heterocycles. The van der Waals surface area contributed by atoms with Crippen molar-refractivity contribution in [3.8, 4) is 0 Å². The van der Waals surface area contributed by atoms with Gasteiger partial charge >= 0.3 is 11.9 Å². The molecule has 1 saturated heterocycles. The van der Waals surface area contributed by atoms with Crippen molar-refractivity contribution in [2.45, 2.75) is 52.0 Å². The fourth-order valence-electron chi connectivity index (χ4n) is 2.30. The van der Waals surface area contributed by atoms with Crippen molar-refractivity contribution in [2.75, 3.05) is 19.8 Å². The Kier molecular flexibility index (Phi) is 7.04. The summed E-state index contributed by atoms with van der Waals surface area (Å²) in [6, 6.07) is -0.501. The van der Waals surface area contributed by atoms with Crippen molar-refractivity contribution in [1.29, 1.82) is 0 Å². The van der Waals surface area contributed by atoms with Crippen LogP contribution >= 0.6 is 0 Å². The summed E-state index contributed by atoms with van der Waals surface area (Å²) in [6.07, 6.45) is 2.55. The minimum atomic E-state index is -0.501. The predicted molar refractivity (Wildman–Crippen MR) is 71.9 cm³/mol. The van der Waals surface area contributed by atoms with Gasteiger partial charge in [0.25, 0.3) is 0 Å². The lowest BCUT2D eigenvalue weighted by atomic mass is 10.0. The highest BCUT2D eigenvalue weighted by Crippen LogP contribution is 2.19. The maximum Gasteiger partial charge on any atom is 0.328 e. The summed E-state index contributed by atoms with van der Waals surface area (Å²) in [7, 11) is 0. The van der Waals surface area contributed by atoms with E-state index in [0.717, 1.165) is 12.8 Å². The molecule has 0 spiro atoms. The van der Waals surface area contributed by atoms with Crippen molar-refractivity contribution in [2.24, 2.45) is 0 Å². The first kappa shape index (κ1) is 16.5. The Hall–Kier alpha value is -1.59. The zero-order valence-electron chi connectivity index (χ0n) is 12.2. The quantitative estimate of drug-likeness (QED) is 0.687. The van der Waals surface area contributed by atoms with Crippen molar-refractivity contribution in [3.05, 3.63) is 0 Å². The molecule has 0 radical (unpaired) electrons. The van der Waals surface area contributed by atoms with Gasteiger partial charge in [-0.1, -0.05) is 0 Å². The van der Waals surface area contributed by atoms with Crippen LogP contribution in [0.15, 0.2) is 0 Å². The van der Waals surface area contributed by atoms with Crippen molar-refractivity contribution in [3.63, 3.8) is 0 Å². The zero-order chi connectivity index (χ0) is 15.0. The fraction of sp³-hybridized carbons (Fsp3) is 0.786. The van der Waals surface area contributed by atoms with Gasteiger partial charge in [0.15, 0.2) is 0 Å². The number of ether oxygens (including phenoxy) is 2. The minimum absolute atomic E-state index is 0.0543. The first-order chi connectivity index (χ1) is 9.60. The molecule has 6 heteroatoms. The van der Waals surface area contributed by atoms with Crippen LogP contribution in [0.1, 0.15) is 46.0 Å². The van der Waals surface area contributed by atoms with Gasteiger partial charge in [-0.2, -0.15) is 0 Å².